The topological polar surface area (TPSA) is 55.1 Å². The minimum atomic E-state index is -0.796. The molecule has 0 saturated heterocycles. The summed E-state index contributed by atoms with van der Waals surface area (Å²) in [5.74, 6) is 0.345. The maximum absolute atomic E-state index is 10.8. The minimum absolute atomic E-state index is 0.0247. The van der Waals surface area contributed by atoms with Gasteiger partial charge in [0.1, 0.15) is 0 Å². The van der Waals surface area contributed by atoms with Gasteiger partial charge < -0.3 is 9.67 Å². The first-order chi connectivity index (χ1) is 8.84. The van der Waals surface area contributed by atoms with Crippen LogP contribution in [0.4, 0.5) is 0 Å². The lowest BCUT2D eigenvalue weighted by molar-refractivity contribution is -0.133. The molecule has 1 heterocycles. The molecular formula is C14H22N2O2S. The van der Waals surface area contributed by atoms with Crippen LogP contribution in [0.5, 0.6) is 0 Å². The SMILES string of the molecule is CC(C)c1cnc(SCC(=O)O)n1C(C)(C)C1CC1. The fourth-order valence-corrected chi connectivity index (χ4v) is 3.38. The fourth-order valence-electron chi connectivity index (χ4n) is 2.53. The van der Waals surface area contributed by atoms with E-state index in [0.717, 1.165) is 5.16 Å². The Bertz CT molecular complexity index is 476. The Morgan fingerprint density at radius 1 is 1.58 bits per heavy atom. The maximum atomic E-state index is 10.8. The van der Waals surface area contributed by atoms with Gasteiger partial charge in [0.05, 0.1) is 5.75 Å². The van der Waals surface area contributed by atoms with E-state index >= 15 is 0 Å². The summed E-state index contributed by atoms with van der Waals surface area (Å²) in [6.07, 6.45) is 4.41. The molecule has 1 N–H and O–H groups in total. The zero-order valence-corrected chi connectivity index (χ0v) is 12.8. The number of thioether (sulfide) groups is 1. The second kappa shape index (κ2) is 5.19. The number of aliphatic carboxylic acids is 1. The lowest BCUT2D eigenvalue weighted by Crippen LogP contribution is -2.31. The molecule has 0 amide bonds. The Balaban J connectivity index is 2.35. The average Bonchev–Trinajstić information content (AvgIpc) is 3.06. The number of imidazole rings is 1. The molecule has 19 heavy (non-hydrogen) atoms. The Labute approximate surface area is 118 Å². The van der Waals surface area contributed by atoms with Gasteiger partial charge in [0.15, 0.2) is 5.16 Å². The Hall–Kier alpha value is -0.970. The van der Waals surface area contributed by atoms with Crippen LogP contribution >= 0.6 is 11.8 Å². The monoisotopic (exact) mass is 282 g/mol. The van der Waals surface area contributed by atoms with Crippen molar-refractivity contribution in [1.29, 1.82) is 0 Å². The molecule has 0 aromatic carbocycles. The Morgan fingerprint density at radius 2 is 2.21 bits per heavy atom. The van der Waals surface area contributed by atoms with Gasteiger partial charge in [-0.2, -0.15) is 0 Å². The van der Waals surface area contributed by atoms with Crippen molar-refractivity contribution in [2.45, 2.75) is 57.1 Å². The lowest BCUT2D eigenvalue weighted by Gasteiger charge is -2.31. The first kappa shape index (κ1) is 14.4. The summed E-state index contributed by atoms with van der Waals surface area (Å²) in [5, 5.41) is 9.68. The highest BCUT2D eigenvalue weighted by molar-refractivity contribution is 7.99. The molecule has 106 valence electrons. The average molecular weight is 282 g/mol. The third-order valence-electron chi connectivity index (χ3n) is 3.83. The summed E-state index contributed by atoms with van der Waals surface area (Å²) in [7, 11) is 0. The van der Waals surface area contributed by atoms with Crippen molar-refractivity contribution in [2.75, 3.05) is 5.75 Å². The number of nitrogens with zero attached hydrogens (tertiary/aromatic N) is 2. The molecule has 2 rings (SSSR count). The molecule has 1 fully saturated rings. The number of carboxylic acids is 1. The number of aromatic nitrogens is 2. The third-order valence-corrected chi connectivity index (χ3v) is 4.76. The van der Waals surface area contributed by atoms with Crippen LogP contribution in [0.15, 0.2) is 11.4 Å². The summed E-state index contributed by atoms with van der Waals surface area (Å²) in [4.78, 5) is 15.2. The highest BCUT2D eigenvalue weighted by Gasteiger charge is 2.41. The van der Waals surface area contributed by atoms with Crippen molar-refractivity contribution in [2.24, 2.45) is 5.92 Å². The molecule has 0 bridgehead atoms. The number of hydrogen-bond donors (Lipinski definition) is 1. The van der Waals surface area contributed by atoms with Crippen LogP contribution in [-0.4, -0.2) is 26.4 Å². The first-order valence-electron chi connectivity index (χ1n) is 6.76. The number of hydrogen-bond acceptors (Lipinski definition) is 3. The van der Waals surface area contributed by atoms with E-state index in [1.807, 2.05) is 6.20 Å². The molecule has 4 nitrogen and oxygen atoms in total. The number of carbonyl (C=O) groups is 1. The van der Waals surface area contributed by atoms with E-state index in [-0.39, 0.29) is 11.3 Å². The van der Waals surface area contributed by atoms with E-state index in [1.165, 1.54) is 30.3 Å². The highest BCUT2D eigenvalue weighted by atomic mass is 32.2. The van der Waals surface area contributed by atoms with Crippen molar-refractivity contribution in [1.82, 2.24) is 9.55 Å². The molecule has 0 atom stereocenters. The smallest absolute Gasteiger partial charge is 0.313 e. The predicted octanol–water partition coefficient (Wildman–Crippen LogP) is 3.33. The summed E-state index contributed by atoms with van der Waals surface area (Å²) < 4.78 is 2.27. The van der Waals surface area contributed by atoms with Crippen molar-refractivity contribution >= 4 is 17.7 Å². The summed E-state index contributed by atoms with van der Waals surface area (Å²) >= 11 is 1.32. The van der Waals surface area contributed by atoms with E-state index in [9.17, 15) is 4.79 Å². The molecule has 0 radical (unpaired) electrons. The zero-order chi connectivity index (χ0) is 14.2. The second-order valence-electron chi connectivity index (χ2n) is 6.07. The molecule has 0 unspecified atom stereocenters. The Morgan fingerprint density at radius 3 is 2.68 bits per heavy atom. The van der Waals surface area contributed by atoms with Crippen LogP contribution in [0.1, 0.15) is 52.1 Å². The summed E-state index contributed by atoms with van der Waals surface area (Å²) in [6, 6.07) is 0. The molecule has 1 aliphatic rings. The maximum Gasteiger partial charge on any atom is 0.313 e. The van der Waals surface area contributed by atoms with E-state index < -0.39 is 5.97 Å². The van der Waals surface area contributed by atoms with Gasteiger partial charge in [0, 0.05) is 17.4 Å². The van der Waals surface area contributed by atoms with Crippen LogP contribution in [0.3, 0.4) is 0 Å². The van der Waals surface area contributed by atoms with Crippen molar-refractivity contribution in [3.8, 4) is 0 Å². The third kappa shape index (κ3) is 2.96. The van der Waals surface area contributed by atoms with Gasteiger partial charge in [-0.25, -0.2) is 4.98 Å². The molecule has 1 saturated carbocycles. The molecule has 5 heteroatoms. The van der Waals surface area contributed by atoms with Gasteiger partial charge in [-0.05, 0) is 38.5 Å². The van der Waals surface area contributed by atoms with Crippen LogP contribution in [0.2, 0.25) is 0 Å². The predicted molar refractivity (Wildman–Crippen MR) is 76.7 cm³/mol. The zero-order valence-electron chi connectivity index (χ0n) is 12.0. The van der Waals surface area contributed by atoms with Crippen LogP contribution in [-0.2, 0) is 10.3 Å². The Kier molecular flexibility index (Phi) is 3.95. The van der Waals surface area contributed by atoms with Gasteiger partial charge in [-0.15, -0.1) is 0 Å². The van der Waals surface area contributed by atoms with Crippen molar-refractivity contribution in [3.63, 3.8) is 0 Å². The molecule has 1 aliphatic carbocycles. The van der Waals surface area contributed by atoms with E-state index in [0.29, 0.717) is 11.8 Å². The fraction of sp³-hybridized carbons (Fsp3) is 0.714. The number of carboxylic acid groups (broad SMARTS) is 1. The van der Waals surface area contributed by atoms with Gasteiger partial charge in [-0.1, -0.05) is 25.6 Å². The summed E-state index contributed by atoms with van der Waals surface area (Å²) in [5.41, 5.74) is 1.22. The quantitative estimate of drug-likeness (QED) is 0.813. The normalized spacial score (nSPS) is 16.1. The first-order valence-corrected chi connectivity index (χ1v) is 7.75. The van der Waals surface area contributed by atoms with Gasteiger partial charge in [0.2, 0.25) is 0 Å². The molecule has 0 spiro atoms. The molecule has 0 aliphatic heterocycles. The van der Waals surface area contributed by atoms with Gasteiger partial charge in [0.25, 0.3) is 0 Å². The van der Waals surface area contributed by atoms with E-state index in [4.69, 9.17) is 5.11 Å². The van der Waals surface area contributed by atoms with Gasteiger partial charge in [-0.3, -0.25) is 4.79 Å². The van der Waals surface area contributed by atoms with E-state index in [2.05, 4.69) is 37.2 Å². The van der Waals surface area contributed by atoms with Crippen LogP contribution < -0.4 is 0 Å². The molecule has 1 aromatic rings. The lowest BCUT2D eigenvalue weighted by atomic mass is 9.97. The number of rotatable bonds is 6. The largest absolute Gasteiger partial charge is 0.481 e. The standard InChI is InChI=1S/C14H22N2O2S/c1-9(2)11-7-15-13(19-8-12(17)18)16(11)14(3,4)10-5-6-10/h7,9-10H,5-6,8H2,1-4H3,(H,17,18). The van der Waals surface area contributed by atoms with Crippen LogP contribution in [0, 0.1) is 5.92 Å². The van der Waals surface area contributed by atoms with Crippen molar-refractivity contribution in [3.05, 3.63) is 11.9 Å². The minimum Gasteiger partial charge on any atom is -0.481 e. The molecular weight excluding hydrogens is 260 g/mol. The summed E-state index contributed by atoms with van der Waals surface area (Å²) in [6.45, 7) is 8.79. The van der Waals surface area contributed by atoms with E-state index in [1.54, 1.807) is 0 Å². The van der Waals surface area contributed by atoms with Crippen molar-refractivity contribution < 1.29 is 9.90 Å². The molecule has 1 aromatic heterocycles. The second-order valence-corrected chi connectivity index (χ2v) is 7.01. The highest BCUT2D eigenvalue weighted by Crippen LogP contribution is 2.46. The van der Waals surface area contributed by atoms with Gasteiger partial charge >= 0.3 is 5.97 Å². The van der Waals surface area contributed by atoms with Crippen LogP contribution in [0.25, 0.3) is 0 Å².